The second-order valence-corrected chi connectivity index (χ2v) is 19.1. The molecule has 2 bridgehead atoms. The molecule has 1 saturated carbocycles. The second kappa shape index (κ2) is 23.8. The highest BCUT2D eigenvalue weighted by atomic mass is 16.6. The van der Waals surface area contributed by atoms with Gasteiger partial charge in [0.1, 0.15) is 30.1 Å². The van der Waals surface area contributed by atoms with E-state index in [1.165, 1.54) is 4.90 Å². The Morgan fingerprint density at radius 1 is 0.871 bits per heavy atom. The van der Waals surface area contributed by atoms with Gasteiger partial charge in [-0.25, -0.2) is 4.79 Å². The van der Waals surface area contributed by atoms with E-state index in [0.717, 1.165) is 12.0 Å². The number of ether oxygens (including phenoxy) is 4. The lowest BCUT2D eigenvalue weighted by Gasteiger charge is -2.43. The van der Waals surface area contributed by atoms with E-state index in [4.69, 9.17) is 18.9 Å². The van der Waals surface area contributed by atoms with Crippen molar-refractivity contribution in [3.8, 4) is 0 Å². The maximum absolute atomic E-state index is 14.2. The largest absolute Gasteiger partial charge is 0.460 e. The van der Waals surface area contributed by atoms with Gasteiger partial charge in [-0.15, -0.1) is 0 Å². The lowest BCUT2D eigenvalue weighted by Crippen LogP contribution is -2.52. The molecule has 0 aromatic heterocycles. The lowest BCUT2D eigenvalue weighted by atomic mass is 9.78. The average Bonchev–Trinajstić information content (AvgIpc) is 3.74. The number of ketones is 2. The van der Waals surface area contributed by atoms with Gasteiger partial charge in [-0.05, 0) is 101 Å². The number of aliphatic hydroxyl groups is 4. The minimum Gasteiger partial charge on any atom is -0.460 e. The number of methoxy groups -OCH3 is 2. The van der Waals surface area contributed by atoms with Gasteiger partial charge < -0.3 is 44.3 Å². The zero-order valence-corrected chi connectivity index (χ0v) is 38.7. The molecule has 1 unspecified atom stereocenters. The number of fused-ring (bicyclic) bond motifs is 3. The van der Waals surface area contributed by atoms with Crippen LogP contribution in [0.5, 0.6) is 0 Å². The molecule has 4 rings (SSSR count). The molecule has 3 heterocycles. The van der Waals surface area contributed by atoms with Gasteiger partial charge in [-0.1, -0.05) is 71.1 Å². The first kappa shape index (κ1) is 51.6. The van der Waals surface area contributed by atoms with E-state index in [0.29, 0.717) is 64.3 Å². The molecular weight excluding hydrogens is 795 g/mol. The Morgan fingerprint density at radius 2 is 1.60 bits per heavy atom. The number of cyclic esters (lactones) is 1. The number of allylic oxidation sites excluding steroid dienone is 6. The minimum absolute atomic E-state index is 0.00605. The number of amides is 1. The highest BCUT2D eigenvalue weighted by Gasteiger charge is 2.47. The molecule has 0 radical (unpaired) electrons. The SMILES string of the molecule is CO[C@H]1C[C@@H]2CC[C@@H](C)[C@](O)(CC(=O)N3CCC[C@H]3C(=O)O[C@H]([C@H](C)CC3CC[C@H](O)[C@@H](OC)C3)CC(=O)[C@H](C)/C=C(/C)[C@@H](O)[C@@H](O)C(=O)[C@H](C)C[C@H](C)\C=C/C=C/C=C/1C)O2. The van der Waals surface area contributed by atoms with E-state index in [-0.39, 0.29) is 66.2 Å². The quantitative estimate of drug-likeness (QED) is 0.188. The number of rotatable bonds is 5. The average molecular weight is 872 g/mol. The molecule has 62 heavy (non-hydrogen) atoms. The minimum atomic E-state index is -1.75. The molecule has 2 saturated heterocycles. The van der Waals surface area contributed by atoms with Crippen molar-refractivity contribution >= 4 is 23.4 Å². The van der Waals surface area contributed by atoms with Gasteiger partial charge in [0.2, 0.25) is 5.91 Å². The van der Waals surface area contributed by atoms with Crippen molar-refractivity contribution < 1.29 is 58.6 Å². The van der Waals surface area contributed by atoms with Crippen molar-refractivity contribution in [1.82, 2.24) is 4.90 Å². The molecular formula is C49H77NO12. The Bertz CT molecular complexity index is 1640. The number of carbonyl (C=O) groups excluding carboxylic acids is 4. The summed E-state index contributed by atoms with van der Waals surface area (Å²) in [6.07, 6.45) is 10.8. The summed E-state index contributed by atoms with van der Waals surface area (Å²) in [6, 6.07) is -0.906. The molecule has 1 aliphatic carbocycles. The van der Waals surface area contributed by atoms with Crippen LogP contribution in [0.15, 0.2) is 47.6 Å². The van der Waals surface area contributed by atoms with Gasteiger partial charge in [0.15, 0.2) is 11.6 Å². The van der Waals surface area contributed by atoms with Crippen molar-refractivity contribution in [3.05, 3.63) is 47.6 Å². The first-order valence-corrected chi connectivity index (χ1v) is 23.0. The number of nitrogens with zero attached hydrogens (tertiary/aromatic N) is 1. The van der Waals surface area contributed by atoms with Gasteiger partial charge in [0.05, 0.1) is 30.8 Å². The topological polar surface area (TPSA) is 189 Å². The van der Waals surface area contributed by atoms with Crippen LogP contribution < -0.4 is 0 Å². The molecule has 0 spiro atoms. The molecule has 4 N–H and O–H groups in total. The van der Waals surface area contributed by atoms with Crippen LogP contribution in [0.4, 0.5) is 0 Å². The number of Topliss-reactive ketones (excluding diaryl/α,β-unsaturated/α-hetero) is 2. The summed E-state index contributed by atoms with van der Waals surface area (Å²) in [5.74, 6) is -5.30. The number of hydrogen-bond acceptors (Lipinski definition) is 12. The molecule has 4 aliphatic rings. The number of esters is 1. The molecule has 13 heteroatoms. The number of hydrogen-bond donors (Lipinski definition) is 4. The van der Waals surface area contributed by atoms with Gasteiger partial charge >= 0.3 is 5.97 Å². The van der Waals surface area contributed by atoms with Crippen molar-refractivity contribution in [2.45, 2.75) is 180 Å². The van der Waals surface area contributed by atoms with Crippen LogP contribution in [0.3, 0.4) is 0 Å². The predicted octanol–water partition coefficient (Wildman–Crippen LogP) is 5.96. The first-order chi connectivity index (χ1) is 29.3. The van der Waals surface area contributed by atoms with Crippen molar-refractivity contribution in [1.29, 1.82) is 0 Å². The van der Waals surface area contributed by atoms with Crippen LogP contribution in [0, 0.1) is 35.5 Å². The summed E-state index contributed by atoms with van der Waals surface area (Å²) in [6.45, 7) is 13.0. The van der Waals surface area contributed by atoms with E-state index < -0.39 is 65.7 Å². The van der Waals surface area contributed by atoms with E-state index >= 15 is 0 Å². The zero-order valence-electron chi connectivity index (χ0n) is 38.7. The number of aliphatic hydroxyl groups excluding tert-OH is 3. The monoisotopic (exact) mass is 872 g/mol. The highest BCUT2D eigenvalue weighted by Crippen LogP contribution is 2.39. The van der Waals surface area contributed by atoms with Crippen LogP contribution in [0.1, 0.15) is 126 Å². The Balaban J connectivity index is 1.64. The Hall–Kier alpha value is -3.04. The van der Waals surface area contributed by atoms with Crippen molar-refractivity contribution in [2.24, 2.45) is 35.5 Å². The maximum atomic E-state index is 14.2. The van der Waals surface area contributed by atoms with Crippen LogP contribution in [0.2, 0.25) is 0 Å². The molecule has 0 aromatic rings. The molecule has 0 aromatic carbocycles. The molecule has 1 amide bonds. The van der Waals surface area contributed by atoms with Gasteiger partial charge in [-0.3, -0.25) is 14.4 Å². The van der Waals surface area contributed by atoms with Crippen molar-refractivity contribution in [2.75, 3.05) is 20.8 Å². The first-order valence-electron chi connectivity index (χ1n) is 23.0. The van der Waals surface area contributed by atoms with Gasteiger partial charge in [0.25, 0.3) is 0 Å². The fraction of sp³-hybridized carbons (Fsp3) is 0.755. The summed E-state index contributed by atoms with van der Waals surface area (Å²) < 4.78 is 24.0. The lowest BCUT2D eigenvalue weighted by molar-refractivity contribution is -0.283. The Kier molecular flexibility index (Phi) is 19.8. The van der Waals surface area contributed by atoms with E-state index in [2.05, 4.69) is 0 Å². The molecule has 3 fully saturated rings. The highest BCUT2D eigenvalue weighted by molar-refractivity contribution is 5.87. The zero-order chi connectivity index (χ0) is 45.9. The van der Waals surface area contributed by atoms with Crippen LogP contribution >= 0.6 is 0 Å². The summed E-state index contributed by atoms with van der Waals surface area (Å²) in [5.41, 5.74) is 1.23. The third kappa shape index (κ3) is 14.0. The van der Waals surface area contributed by atoms with Crippen molar-refractivity contribution in [3.63, 3.8) is 0 Å². The van der Waals surface area contributed by atoms with E-state index in [1.54, 1.807) is 41.1 Å². The third-order valence-corrected chi connectivity index (χ3v) is 14.1. The molecule has 350 valence electrons. The fourth-order valence-corrected chi connectivity index (χ4v) is 9.82. The Morgan fingerprint density at radius 3 is 2.29 bits per heavy atom. The number of carbonyl (C=O) groups is 4. The second-order valence-electron chi connectivity index (χ2n) is 19.1. The Labute approximate surface area is 370 Å². The van der Waals surface area contributed by atoms with E-state index in [1.807, 2.05) is 58.1 Å². The summed E-state index contributed by atoms with van der Waals surface area (Å²) in [5, 5.41) is 44.4. The summed E-state index contributed by atoms with van der Waals surface area (Å²) in [7, 11) is 3.20. The maximum Gasteiger partial charge on any atom is 0.329 e. The third-order valence-electron chi connectivity index (χ3n) is 14.1. The molecule has 13 nitrogen and oxygen atoms in total. The van der Waals surface area contributed by atoms with E-state index in [9.17, 15) is 39.6 Å². The summed E-state index contributed by atoms with van der Waals surface area (Å²) >= 11 is 0. The molecule has 15 atom stereocenters. The fourth-order valence-electron chi connectivity index (χ4n) is 9.82. The predicted molar refractivity (Wildman–Crippen MR) is 235 cm³/mol. The normalized spacial score (nSPS) is 41.6. The van der Waals surface area contributed by atoms with Gasteiger partial charge in [0, 0.05) is 51.4 Å². The summed E-state index contributed by atoms with van der Waals surface area (Å²) in [4.78, 5) is 57.0. The molecule has 3 aliphatic heterocycles. The standard InChI is InChI=1S/C49H77NO12/c1-29-14-11-10-12-15-30(2)41(59-8)26-37-19-17-35(7)49(58,62-37)28-44(53)50-21-13-16-38(50)48(57)61-42(32(4)24-36-18-20-39(51)43(25-36)60-9)27-40(52)31(3)23-34(6)46(55)47(56)45(54)33(5)22-29/h10-12,14-15,23,29,31-33,35-39,41-43,46-47,51,55-56,58H,13,16-22,24-28H2,1-9H3/b12-10+,14-11-,30-15+,34-23-/t29-,31-,32-,33-,35-,36?,37+,38+,39+,41+,42+,43+,46-,47+,49+/m1/s1. The van der Waals surface area contributed by atoms with Crippen LogP contribution in [-0.2, 0) is 38.1 Å². The van der Waals surface area contributed by atoms with Crippen LogP contribution in [0.25, 0.3) is 0 Å². The smallest absolute Gasteiger partial charge is 0.329 e. The van der Waals surface area contributed by atoms with Crippen LogP contribution in [-0.4, -0.2) is 124 Å². The van der Waals surface area contributed by atoms with Gasteiger partial charge in [-0.2, -0.15) is 0 Å².